The molecule has 0 unspecified atom stereocenters. The smallest absolute Gasteiger partial charge is 0.239 e. The van der Waals surface area contributed by atoms with Crippen molar-refractivity contribution in [1.82, 2.24) is 9.56 Å². The lowest BCUT2D eigenvalue weighted by Gasteiger charge is -2.41. The van der Waals surface area contributed by atoms with E-state index in [0.29, 0.717) is 19.4 Å². The summed E-state index contributed by atoms with van der Waals surface area (Å²) in [6, 6.07) is 0. The van der Waals surface area contributed by atoms with Gasteiger partial charge in [-0.15, -0.1) is 0 Å². The van der Waals surface area contributed by atoms with Crippen LogP contribution in [0.15, 0.2) is 0 Å². The van der Waals surface area contributed by atoms with Crippen molar-refractivity contribution in [2.75, 3.05) is 12.8 Å². The third kappa shape index (κ3) is 4.10. The molecular weight excluding hydrogens is 276 g/mol. The highest BCUT2D eigenvalue weighted by Gasteiger charge is 2.42. The van der Waals surface area contributed by atoms with E-state index in [1.54, 1.807) is 0 Å². The van der Waals surface area contributed by atoms with Crippen molar-refractivity contribution < 1.29 is 13.2 Å². The summed E-state index contributed by atoms with van der Waals surface area (Å²) in [6.07, 6.45) is 4.03. The minimum Gasteiger partial charge on any atom is -0.273 e. The van der Waals surface area contributed by atoms with Crippen LogP contribution in [-0.4, -0.2) is 27.1 Å². The molecule has 106 valence electrons. The van der Waals surface area contributed by atoms with E-state index in [0.717, 1.165) is 19.1 Å². The van der Waals surface area contributed by atoms with Crippen LogP contribution >= 0.6 is 11.8 Å². The topological polar surface area (TPSA) is 75.3 Å². The largest absolute Gasteiger partial charge is 0.273 e. The van der Waals surface area contributed by atoms with Gasteiger partial charge in [-0.05, 0) is 42.9 Å². The molecule has 1 amide bonds. The Morgan fingerprint density at radius 2 is 1.72 bits per heavy atom. The molecule has 0 atom stereocenters. The molecule has 1 aliphatic rings. The van der Waals surface area contributed by atoms with Gasteiger partial charge in [0.2, 0.25) is 15.9 Å². The molecule has 0 radical (unpaired) electrons. The van der Waals surface area contributed by atoms with Gasteiger partial charge in [0.25, 0.3) is 0 Å². The number of rotatable bonds is 4. The zero-order valence-electron chi connectivity index (χ0n) is 11.0. The fourth-order valence-corrected chi connectivity index (χ4v) is 3.17. The number of amides is 1. The first-order valence-electron chi connectivity index (χ1n) is 5.96. The summed E-state index contributed by atoms with van der Waals surface area (Å²) in [7, 11) is -3.48. The zero-order valence-corrected chi connectivity index (χ0v) is 12.6. The van der Waals surface area contributed by atoms with Crippen molar-refractivity contribution in [3.8, 4) is 0 Å². The Hall–Kier alpha value is -0.330. The Balaban J connectivity index is 2.67. The van der Waals surface area contributed by atoms with E-state index < -0.39 is 21.3 Å². The van der Waals surface area contributed by atoms with Gasteiger partial charge in [0.1, 0.15) is 0 Å². The van der Waals surface area contributed by atoms with Gasteiger partial charge in [0.05, 0.1) is 6.26 Å². The minimum absolute atomic E-state index is 0.0760. The molecule has 0 saturated heterocycles. The average molecular weight is 297 g/mol. The standard InChI is InChI=1S/C11H21ClN2O3S/c1-10(8-13-12)4-6-11(2,7-5-10)9(15)14-18(3,16)17/h13H,4-8H2,1-3H3,(H,14,15). The third-order valence-corrected chi connectivity index (χ3v) is 4.57. The fraction of sp³-hybridized carbons (Fsp3) is 0.909. The molecule has 5 nitrogen and oxygen atoms in total. The maximum absolute atomic E-state index is 12.0. The first-order valence-corrected chi connectivity index (χ1v) is 8.23. The van der Waals surface area contributed by atoms with Gasteiger partial charge in [-0.2, -0.15) is 0 Å². The van der Waals surface area contributed by atoms with E-state index in [-0.39, 0.29) is 5.41 Å². The summed E-state index contributed by atoms with van der Waals surface area (Å²) in [4.78, 5) is 14.6. The number of sulfonamides is 1. The molecule has 18 heavy (non-hydrogen) atoms. The highest BCUT2D eigenvalue weighted by Crippen LogP contribution is 2.45. The highest BCUT2D eigenvalue weighted by molar-refractivity contribution is 7.89. The van der Waals surface area contributed by atoms with E-state index in [2.05, 4.69) is 16.5 Å². The second-order valence-corrected chi connectivity index (χ2v) is 7.90. The van der Waals surface area contributed by atoms with Crippen LogP contribution in [0, 0.1) is 10.8 Å². The predicted molar refractivity (Wildman–Crippen MR) is 71.5 cm³/mol. The van der Waals surface area contributed by atoms with Crippen LogP contribution in [-0.2, 0) is 14.8 Å². The van der Waals surface area contributed by atoms with Crippen molar-refractivity contribution in [3.05, 3.63) is 0 Å². The Kier molecular flexibility index (Phi) is 4.67. The molecule has 0 aliphatic heterocycles. The van der Waals surface area contributed by atoms with Crippen molar-refractivity contribution in [2.45, 2.75) is 39.5 Å². The highest BCUT2D eigenvalue weighted by atomic mass is 35.5. The summed E-state index contributed by atoms with van der Waals surface area (Å²) in [5, 5.41) is 0. The second-order valence-electron chi connectivity index (χ2n) is 5.89. The van der Waals surface area contributed by atoms with Gasteiger partial charge in [0.15, 0.2) is 0 Å². The van der Waals surface area contributed by atoms with E-state index >= 15 is 0 Å². The first kappa shape index (κ1) is 15.7. The number of hydrogen-bond acceptors (Lipinski definition) is 4. The molecule has 0 aromatic rings. The monoisotopic (exact) mass is 296 g/mol. The van der Waals surface area contributed by atoms with Crippen LogP contribution < -0.4 is 9.56 Å². The van der Waals surface area contributed by atoms with E-state index in [1.807, 2.05) is 6.92 Å². The Bertz CT molecular complexity index is 414. The lowest BCUT2D eigenvalue weighted by atomic mass is 9.65. The molecule has 0 bridgehead atoms. The zero-order chi connectivity index (χ0) is 14.0. The summed E-state index contributed by atoms with van der Waals surface area (Å²) < 4.78 is 24.3. The lowest BCUT2D eigenvalue weighted by Crippen LogP contribution is -2.46. The Morgan fingerprint density at radius 3 is 2.11 bits per heavy atom. The first-order chi connectivity index (χ1) is 8.10. The molecule has 1 aliphatic carbocycles. The van der Waals surface area contributed by atoms with Crippen molar-refractivity contribution in [2.24, 2.45) is 10.8 Å². The van der Waals surface area contributed by atoms with E-state index in [9.17, 15) is 13.2 Å². The van der Waals surface area contributed by atoms with Crippen molar-refractivity contribution in [3.63, 3.8) is 0 Å². The molecule has 0 heterocycles. The normalized spacial score (nSPS) is 33.1. The third-order valence-electron chi connectivity index (χ3n) is 3.88. The fourth-order valence-electron chi connectivity index (χ4n) is 2.26. The maximum Gasteiger partial charge on any atom is 0.239 e. The number of carbonyl (C=O) groups excluding carboxylic acids is 1. The molecule has 1 rings (SSSR count). The number of halogens is 1. The predicted octanol–water partition coefficient (Wildman–Crippen LogP) is 1.39. The van der Waals surface area contributed by atoms with Crippen LogP contribution in [0.2, 0.25) is 0 Å². The SMILES string of the molecule is CC1(CNCl)CCC(C)(C(=O)NS(C)(=O)=O)CC1. The van der Waals surface area contributed by atoms with Gasteiger partial charge in [-0.25, -0.2) is 13.3 Å². The average Bonchev–Trinajstić information content (AvgIpc) is 2.21. The van der Waals surface area contributed by atoms with Gasteiger partial charge in [0, 0.05) is 12.0 Å². The van der Waals surface area contributed by atoms with Crippen LogP contribution in [0.4, 0.5) is 0 Å². The summed E-state index contributed by atoms with van der Waals surface area (Å²) in [5.74, 6) is -0.397. The molecule has 0 aromatic carbocycles. The summed E-state index contributed by atoms with van der Waals surface area (Å²) in [5.41, 5.74) is -0.526. The van der Waals surface area contributed by atoms with Gasteiger partial charge in [-0.1, -0.05) is 13.8 Å². The molecule has 2 N–H and O–H groups in total. The van der Waals surface area contributed by atoms with Crippen LogP contribution in [0.3, 0.4) is 0 Å². The Morgan fingerprint density at radius 1 is 1.22 bits per heavy atom. The van der Waals surface area contributed by atoms with Crippen LogP contribution in [0.25, 0.3) is 0 Å². The molecular formula is C11H21ClN2O3S. The number of carbonyl (C=O) groups is 1. The molecule has 0 spiro atoms. The quantitative estimate of drug-likeness (QED) is 0.769. The summed E-state index contributed by atoms with van der Waals surface area (Å²) >= 11 is 5.54. The van der Waals surface area contributed by atoms with Crippen molar-refractivity contribution in [1.29, 1.82) is 0 Å². The molecule has 0 aromatic heterocycles. The number of hydrogen-bond donors (Lipinski definition) is 2. The van der Waals surface area contributed by atoms with Crippen LogP contribution in [0.5, 0.6) is 0 Å². The van der Waals surface area contributed by atoms with Gasteiger partial charge < -0.3 is 0 Å². The minimum atomic E-state index is -3.48. The Labute approximate surface area is 114 Å². The molecule has 7 heteroatoms. The summed E-state index contributed by atoms with van der Waals surface area (Å²) in [6.45, 7) is 4.63. The molecule has 1 fully saturated rings. The maximum atomic E-state index is 12.0. The van der Waals surface area contributed by atoms with E-state index in [1.165, 1.54) is 0 Å². The van der Waals surface area contributed by atoms with Crippen molar-refractivity contribution >= 4 is 27.7 Å². The van der Waals surface area contributed by atoms with E-state index in [4.69, 9.17) is 11.8 Å². The second kappa shape index (κ2) is 5.35. The van der Waals surface area contributed by atoms with Crippen LogP contribution in [0.1, 0.15) is 39.5 Å². The lowest BCUT2D eigenvalue weighted by molar-refractivity contribution is -0.131. The molecule has 1 saturated carbocycles. The van der Waals surface area contributed by atoms with Gasteiger partial charge in [-0.3, -0.25) is 9.52 Å². The number of nitrogens with one attached hydrogen (secondary N) is 2. The van der Waals surface area contributed by atoms with Gasteiger partial charge >= 0.3 is 0 Å².